The molecule has 4 rings (SSSR count). The quantitative estimate of drug-likeness (QED) is 0.470. The van der Waals surface area contributed by atoms with Crippen molar-refractivity contribution in [2.45, 2.75) is 75.2 Å². The lowest BCUT2D eigenvalue weighted by atomic mass is 9.45. The molecule has 0 spiro atoms. The molecular formula is C19H29IO2. The molecule has 4 aliphatic carbocycles. The molecule has 22 heavy (non-hydrogen) atoms. The van der Waals surface area contributed by atoms with Crippen LogP contribution in [0.2, 0.25) is 0 Å². The van der Waals surface area contributed by atoms with Crippen molar-refractivity contribution in [3.63, 3.8) is 0 Å². The van der Waals surface area contributed by atoms with E-state index in [1.165, 1.54) is 32.1 Å². The molecule has 2 nitrogen and oxygen atoms in total. The average Bonchev–Trinajstić information content (AvgIpc) is 2.72. The molecule has 0 unspecified atom stereocenters. The van der Waals surface area contributed by atoms with Crippen molar-refractivity contribution in [2.24, 2.45) is 34.5 Å². The minimum Gasteiger partial charge on any atom is -0.391 e. The molecule has 1 N–H and O–H groups in total. The molecule has 0 bridgehead atoms. The van der Waals surface area contributed by atoms with E-state index >= 15 is 0 Å². The van der Waals surface area contributed by atoms with Crippen LogP contribution in [0, 0.1) is 34.5 Å². The Labute approximate surface area is 148 Å². The van der Waals surface area contributed by atoms with Crippen molar-refractivity contribution in [2.75, 3.05) is 0 Å². The summed E-state index contributed by atoms with van der Waals surface area (Å²) in [4.78, 5) is 11.9. The number of rotatable bonds is 0. The van der Waals surface area contributed by atoms with Crippen molar-refractivity contribution < 1.29 is 9.90 Å². The predicted octanol–water partition coefficient (Wildman–Crippen LogP) is 4.37. The van der Waals surface area contributed by atoms with Gasteiger partial charge in [0.2, 0.25) is 0 Å². The molecule has 4 fully saturated rings. The Morgan fingerprint density at radius 3 is 2.64 bits per heavy atom. The Morgan fingerprint density at radius 1 is 1.09 bits per heavy atom. The zero-order valence-electron chi connectivity index (χ0n) is 13.9. The summed E-state index contributed by atoms with van der Waals surface area (Å²) >= 11 is 2.49. The number of fused-ring (bicyclic) bond motifs is 5. The zero-order chi connectivity index (χ0) is 15.7. The van der Waals surface area contributed by atoms with Gasteiger partial charge < -0.3 is 5.11 Å². The zero-order valence-corrected chi connectivity index (χ0v) is 16.0. The average molecular weight is 416 g/mol. The summed E-state index contributed by atoms with van der Waals surface area (Å²) in [5.74, 6) is 3.44. The van der Waals surface area contributed by atoms with Crippen LogP contribution in [0.4, 0.5) is 0 Å². The molecule has 0 aromatic rings. The summed E-state index contributed by atoms with van der Waals surface area (Å²) in [6, 6.07) is 0. The van der Waals surface area contributed by atoms with Crippen molar-refractivity contribution in [3.05, 3.63) is 0 Å². The lowest BCUT2D eigenvalue weighted by Gasteiger charge is -2.59. The standard InChI is InChI=1S/C19H29IO2/c1-18-7-5-12(21)9-11(18)3-4-13-14(18)6-8-19(2)15(13)10-16(20)17(19)22/h11,13-17,22H,3-10H2,1-2H3/t11-,13+,14-,15-,16+,17-,18-,19-/m0/s1. The Bertz CT molecular complexity index is 492. The number of ketones is 1. The molecular weight excluding hydrogens is 387 g/mol. The number of carbonyl (C=O) groups is 1. The van der Waals surface area contributed by atoms with Crippen LogP contribution in [0.3, 0.4) is 0 Å². The number of Topliss-reactive ketones (excluding diaryl/α,β-unsaturated/α-hetero) is 1. The monoisotopic (exact) mass is 416 g/mol. The third-order valence-electron chi connectivity index (χ3n) is 8.42. The highest BCUT2D eigenvalue weighted by atomic mass is 127. The summed E-state index contributed by atoms with van der Waals surface area (Å²) in [6.07, 6.45) is 8.89. The number of aliphatic hydroxyl groups is 1. The van der Waals surface area contributed by atoms with Crippen LogP contribution in [0.25, 0.3) is 0 Å². The smallest absolute Gasteiger partial charge is 0.133 e. The first-order valence-corrected chi connectivity index (χ1v) is 10.4. The molecule has 4 saturated carbocycles. The second-order valence-corrected chi connectivity index (χ2v) is 10.7. The van der Waals surface area contributed by atoms with E-state index in [4.69, 9.17) is 0 Å². The third kappa shape index (κ3) is 2.03. The minimum atomic E-state index is -0.113. The summed E-state index contributed by atoms with van der Waals surface area (Å²) in [6.45, 7) is 4.85. The Morgan fingerprint density at radius 2 is 1.86 bits per heavy atom. The molecule has 4 aliphatic rings. The number of halogens is 1. The van der Waals surface area contributed by atoms with Gasteiger partial charge in [-0.05, 0) is 73.0 Å². The van der Waals surface area contributed by atoms with Gasteiger partial charge in [0.25, 0.3) is 0 Å². The molecule has 124 valence electrons. The van der Waals surface area contributed by atoms with E-state index in [2.05, 4.69) is 36.4 Å². The molecule has 0 heterocycles. The van der Waals surface area contributed by atoms with E-state index in [0.717, 1.165) is 31.1 Å². The van der Waals surface area contributed by atoms with Crippen LogP contribution in [-0.2, 0) is 4.79 Å². The maximum atomic E-state index is 11.9. The maximum absolute atomic E-state index is 11.9. The van der Waals surface area contributed by atoms with Crippen LogP contribution in [0.15, 0.2) is 0 Å². The van der Waals surface area contributed by atoms with Gasteiger partial charge in [0, 0.05) is 16.8 Å². The van der Waals surface area contributed by atoms with Crippen LogP contribution in [0.1, 0.15) is 65.2 Å². The number of hydrogen-bond acceptors (Lipinski definition) is 2. The fourth-order valence-electron chi connectivity index (χ4n) is 6.99. The highest BCUT2D eigenvalue weighted by Crippen LogP contribution is 2.66. The molecule has 0 aliphatic heterocycles. The molecule has 3 heteroatoms. The van der Waals surface area contributed by atoms with E-state index in [0.29, 0.717) is 27.0 Å². The number of aliphatic hydroxyl groups excluding tert-OH is 1. The molecule has 0 radical (unpaired) electrons. The first-order valence-electron chi connectivity index (χ1n) is 9.20. The molecule has 0 aromatic heterocycles. The normalized spacial score (nSPS) is 57.9. The Balaban J connectivity index is 1.64. The van der Waals surface area contributed by atoms with Gasteiger partial charge in [-0.15, -0.1) is 0 Å². The summed E-state index contributed by atoms with van der Waals surface area (Å²) in [5, 5.41) is 10.7. The van der Waals surface area contributed by atoms with Crippen LogP contribution in [-0.4, -0.2) is 20.9 Å². The molecule has 0 saturated heterocycles. The molecule has 0 aromatic carbocycles. The van der Waals surface area contributed by atoms with Gasteiger partial charge in [-0.25, -0.2) is 0 Å². The molecule has 8 atom stereocenters. The predicted molar refractivity (Wildman–Crippen MR) is 95.9 cm³/mol. The SMILES string of the molecule is C[C@]12CCC(=O)C[C@@H]1CC[C@@H]1[C@@H]2CC[C@]2(C)[C@@H](O)[C@H](I)C[C@@H]12. The van der Waals surface area contributed by atoms with Crippen molar-refractivity contribution in [3.8, 4) is 0 Å². The summed E-state index contributed by atoms with van der Waals surface area (Å²) in [5.41, 5.74) is 0.549. The Hall–Kier alpha value is 0.360. The number of alkyl halides is 1. The largest absolute Gasteiger partial charge is 0.391 e. The lowest BCUT2D eigenvalue weighted by molar-refractivity contribution is -0.141. The van der Waals surface area contributed by atoms with E-state index in [9.17, 15) is 9.90 Å². The van der Waals surface area contributed by atoms with Gasteiger partial charge in [0.1, 0.15) is 5.78 Å². The van der Waals surface area contributed by atoms with Gasteiger partial charge in [-0.3, -0.25) is 4.79 Å². The van der Waals surface area contributed by atoms with Crippen molar-refractivity contribution in [1.82, 2.24) is 0 Å². The van der Waals surface area contributed by atoms with Crippen LogP contribution in [0.5, 0.6) is 0 Å². The van der Waals surface area contributed by atoms with E-state index < -0.39 is 0 Å². The minimum absolute atomic E-state index is 0.113. The second kappa shape index (κ2) is 5.18. The van der Waals surface area contributed by atoms with E-state index in [-0.39, 0.29) is 11.5 Å². The maximum Gasteiger partial charge on any atom is 0.133 e. The highest BCUT2D eigenvalue weighted by molar-refractivity contribution is 14.1. The Kier molecular flexibility index (Phi) is 3.73. The third-order valence-corrected chi connectivity index (χ3v) is 9.61. The van der Waals surface area contributed by atoms with Crippen molar-refractivity contribution >= 4 is 28.4 Å². The fourth-order valence-corrected chi connectivity index (χ4v) is 8.36. The summed E-state index contributed by atoms with van der Waals surface area (Å²) in [7, 11) is 0. The topological polar surface area (TPSA) is 37.3 Å². The second-order valence-electron chi connectivity index (χ2n) is 9.14. The first-order chi connectivity index (χ1) is 10.4. The highest BCUT2D eigenvalue weighted by Gasteiger charge is 2.61. The van der Waals surface area contributed by atoms with Gasteiger partial charge in [0.05, 0.1) is 6.10 Å². The molecule has 0 amide bonds. The first kappa shape index (κ1) is 15.9. The van der Waals surface area contributed by atoms with Crippen LogP contribution < -0.4 is 0 Å². The van der Waals surface area contributed by atoms with E-state index in [1.807, 2.05) is 0 Å². The van der Waals surface area contributed by atoms with Gasteiger partial charge in [-0.2, -0.15) is 0 Å². The van der Waals surface area contributed by atoms with Gasteiger partial charge in [0.15, 0.2) is 0 Å². The van der Waals surface area contributed by atoms with Crippen molar-refractivity contribution in [1.29, 1.82) is 0 Å². The number of hydrogen-bond donors (Lipinski definition) is 1. The van der Waals surface area contributed by atoms with Crippen LogP contribution >= 0.6 is 22.6 Å². The van der Waals surface area contributed by atoms with E-state index in [1.54, 1.807) is 0 Å². The lowest BCUT2D eigenvalue weighted by Crippen LogP contribution is -2.54. The van der Waals surface area contributed by atoms with Gasteiger partial charge in [-0.1, -0.05) is 36.4 Å². The fraction of sp³-hybridized carbons (Fsp3) is 0.947. The van der Waals surface area contributed by atoms with Gasteiger partial charge >= 0.3 is 0 Å². The summed E-state index contributed by atoms with van der Waals surface area (Å²) < 4.78 is 0.435. The number of carbonyl (C=O) groups excluding carboxylic acids is 1.